The molecule has 1 unspecified atom stereocenters. The molecular formula is C33H24Cl4O8S. The summed E-state index contributed by atoms with van der Waals surface area (Å²) < 4.78 is 16.8. The minimum atomic E-state index is -0.934. The fourth-order valence-electron chi connectivity index (χ4n) is 4.00. The SMILES string of the molecule is O=C(O)c1ccc(Cl)cc1.O=C(OC[C@H]1C[C@H](OC(=O)c2ccc(Cl)cc2)C(OC(=O)c2ccc(Cl)cc2)S1)c1ccc(Cl)cc1. The zero-order chi connectivity index (χ0) is 33.2. The molecule has 1 aliphatic heterocycles. The van der Waals surface area contributed by atoms with Crippen molar-refractivity contribution >= 4 is 82.0 Å². The largest absolute Gasteiger partial charge is 0.478 e. The molecule has 1 fully saturated rings. The summed E-state index contributed by atoms with van der Waals surface area (Å²) in [5.74, 6) is -2.61. The Hall–Kier alpha value is -3.73. The Labute approximate surface area is 288 Å². The number of esters is 3. The van der Waals surface area contributed by atoms with Gasteiger partial charge in [0.15, 0.2) is 5.44 Å². The molecule has 0 saturated carbocycles. The van der Waals surface area contributed by atoms with Gasteiger partial charge in [-0.05, 0) is 97.1 Å². The fraction of sp³-hybridized carbons (Fsp3) is 0.152. The van der Waals surface area contributed by atoms with E-state index >= 15 is 0 Å². The van der Waals surface area contributed by atoms with Gasteiger partial charge in [-0.25, -0.2) is 19.2 Å². The topological polar surface area (TPSA) is 116 Å². The molecule has 1 aliphatic rings. The van der Waals surface area contributed by atoms with Crippen LogP contribution in [0, 0.1) is 0 Å². The molecule has 13 heteroatoms. The molecule has 0 radical (unpaired) electrons. The summed E-state index contributed by atoms with van der Waals surface area (Å²) in [6.45, 7) is 0.0378. The van der Waals surface area contributed by atoms with Gasteiger partial charge in [0.2, 0.25) is 0 Å². The van der Waals surface area contributed by atoms with Crippen LogP contribution in [-0.2, 0) is 14.2 Å². The Bertz CT molecular complexity index is 1600. The Morgan fingerprint density at radius 2 is 0.957 bits per heavy atom. The Morgan fingerprint density at radius 1 is 0.587 bits per heavy atom. The first kappa shape index (κ1) is 35.1. The van der Waals surface area contributed by atoms with Crippen LogP contribution in [-0.4, -0.2) is 52.4 Å². The number of halogens is 4. The van der Waals surface area contributed by atoms with Gasteiger partial charge < -0.3 is 19.3 Å². The lowest BCUT2D eigenvalue weighted by atomic mass is 10.2. The lowest BCUT2D eigenvalue weighted by Crippen LogP contribution is -2.29. The Morgan fingerprint density at radius 3 is 1.37 bits per heavy atom. The minimum Gasteiger partial charge on any atom is -0.478 e. The lowest BCUT2D eigenvalue weighted by Gasteiger charge is -2.19. The third kappa shape index (κ3) is 10.4. The summed E-state index contributed by atoms with van der Waals surface area (Å²) >= 11 is 24.4. The van der Waals surface area contributed by atoms with E-state index in [2.05, 4.69) is 0 Å². The zero-order valence-electron chi connectivity index (χ0n) is 23.6. The predicted octanol–water partition coefficient (Wildman–Crippen LogP) is 8.76. The van der Waals surface area contributed by atoms with Gasteiger partial charge in [0.05, 0.1) is 22.3 Å². The predicted molar refractivity (Wildman–Crippen MR) is 177 cm³/mol. The molecule has 1 saturated heterocycles. The van der Waals surface area contributed by atoms with Crippen LogP contribution in [0.15, 0.2) is 97.1 Å². The normalized spacial score (nSPS) is 16.8. The smallest absolute Gasteiger partial charge is 0.339 e. The first-order valence-corrected chi connectivity index (χ1v) is 15.9. The highest BCUT2D eigenvalue weighted by atomic mass is 35.5. The average Bonchev–Trinajstić information content (AvgIpc) is 3.41. The van der Waals surface area contributed by atoms with E-state index in [1.165, 1.54) is 23.9 Å². The number of hydrogen-bond acceptors (Lipinski definition) is 8. The fourth-order valence-corrected chi connectivity index (χ4v) is 5.81. The highest BCUT2D eigenvalue weighted by Crippen LogP contribution is 2.38. The van der Waals surface area contributed by atoms with E-state index in [0.29, 0.717) is 43.2 Å². The number of ether oxygens (including phenoxy) is 3. The first-order chi connectivity index (χ1) is 22.0. The van der Waals surface area contributed by atoms with Crippen molar-refractivity contribution in [3.8, 4) is 0 Å². The van der Waals surface area contributed by atoms with Gasteiger partial charge in [0.1, 0.15) is 12.7 Å². The number of carbonyl (C=O) groups is 4. The van der Waals surface area contributed by atoms with E-state index in [1.54, 1.807) is 84.9 Å². The van der Waals surface area contributed by atoms with E-state index in [0.717, 1.165) is 0 Å². The highest BCUT2D eigenvalue weighted by molar-refractivity contribution is 8.00. The van der Waals surface area contributed by atoms with Gasteiger partial charge >= 0.3 is 23.9 Å². The summed E-state index contributed by atoms with van der Waals surface area (Å²) in [6.07, 6.45) is -0.440. The molecule has 4 aromatic rings. The molecule has 46 heavy (non-hydrogen) atoms. The Balaban J connectivity index is 0.000000409. The summed E-state index contributed by atoms with van der Waals surface area (Å²) in [4.78, 5) is 48.1. The van der Waals surface area contributed by atoms with Crippen molar-refractivity contribution in [2.24, 2.45) is 0 Å². The first-order valence-electron chi connectivity index (χ1n) is 13.5. The van der Waals surface area contributed by atoms with Gasteiger partial charge in [0, 0.05) is 31.8 Å². The molecule has 3 atom stereocenters. The van der Waals surface area contributed by atoms with E-state index in [4.69, 9.17) is 65.7 Å². The molecular weight excluding hydrogens is 698 g/mol. The van der Waals surface area contributed by atoms with Crippen molar-refractivity contribution in [1.29, 1.82) is 0 Å². The molecule has 4 aromatic carbocycles. The van der Waals surface area contributed by atoms with Crippen LogP contribution in [0.25, 0.3) is 0 Å². The molecule has 1 heterocycles. The standard InChI is InChI=1S/C26H19Cl3O6S.C7H5ClO2/c27-18-7-1-15(2-8-18)23(30)33-14-21-13-22(34-24(31)16-3-9-19(28)10-4-16)26(36-21)35-25(32)17-5-11-20(29)12-6-17;8-6-3-1-5(2-4-6)7(9)10/h1-12,21-22,26H,13-14H2;1-4H,(H,9,10)/t21-,22+,26?;/m1./s1. The van der Waals surface area contributed by atoms with Crippen molar-refractivity contribution in [1.82, 2.24) is 0 Å². The van der Waals surface area contributed by atoms with Crippen molar-refractivity contribution in [2.75, 3.05) is 6.61 Å². The maximum absolute atomic E-state index is 12.7. The second-order valence-corrected chi connectivity index (χ2v) is 12.8. The van der Waals surface area contributed by atoms with Crippen LogP contribution < -0.4 is 0 Å². The number of rotatable bonds is 8. The van der Waals surface area contributed by atoms with E-state index in [9.17, 15) is 19.2 Å². The number of carbonyl (C=O) groups excluding carboxylic acids is 3. The van der Waals surface area contributed by atoms with Gasteiger partial charge in [0.25, 0.3) is 0 Å². The van der Waals surface area contributed by atoms with Gasteiger partial charge in [-0.3, -0.25) is 0 Å². The minimum absolute atomic E-state index is 0.0378. The van der Waals surface area contributed by atoms with Crippen LogP contribution in [0.1, 0.15) is 47.9 Å². The second kappa shape index (κ2) is 16.7. The van der Waals surface area contributed by atoms with Crippen molar-refractivity contribution < 1.29 is 38.5 Å². The lowest BCUT2D eigenvalue weighted by molar-refractivity contribution is -0.00863. The van der Waals surface area contributed by atoms with Crippen LogP contribution in [0.4, 0.5) is 0 Å². The number of thioether (sulfide) groups is 1. The summed E-state index contributed by atoms with van der Waals surface area (Å²) in [6, 6.07) is 24.9. The maximum Gasteiger partial charge on any atom is 0.339 e. The number of aromatic carboxylic acids is 1. The molecule has 5 rings (SSSR count). The molecule has 8 nitrogen and oxygen atoms in total. The number of carboxylic acid groups (broad SMARTS) is 1. The molecule has 1 N–H and O–H groups in total. The second-order valence-electron chi connectivity index (χ2n) is 9.64. The summed E-state index contributed by atoms with van der Waals surface area (Å²) in [5, 5.41) is 10.2. The van der Waals surface area contributed by atoms with Gasteiger partial charge in [-0.15, -0.1) is 11.8 Å². The van der Waals surface area contributed by atoms with Crippen LogP contribution in [0.5, 0.6) is 0 Å². The molecule has 238 valence electrons. The molecule has 0 aliphatic carbocycles. The summed E-state index contributed by atoms with van der Waals surface area (Å²) in [7, 11) is 0. The zero-order valence-corrected chi connectivity index (χ0v) is 27.4. The molecule has 0 spiro atoms. The quantitative estimate of drug-likeness (QED) is 0.141. The Kier molecular flexibility index (Phi) is 12.8. The molecule has 0 bridgehead atoms. The van der Waals surface area contributed by atoms with Crippen LogP contribution in [0.3, 0.4) is 0 Å². The highest BCUT2D eigenvalue weighted by Gasteiger charge is 2.41. The van der Waals surface area contributed by atoms with Crippen molar-refractivity contribution in [3.05, 3.63) is 139 Å². The van der Waals surface area contributed by atoms with E-state index in [1.807, 2.05) is 0 Å². The maximum atomic E-state index is 12.7. The monoisotopic (exact) mass is 720 g/mol. The van der Waals surface area contributed by atoms with Gasteiger partial charge in [-0.1, -0.05) is 46.4 Å². The molecule has 0 amide bonds. The third-order valence-electron chi connectivity index (χ3n) is 6.34. The van der Waals surface area contributed by atoms with E-state index in [-0.39, 0.29) is 17.4 Å². The van der Waals surface area contributed by atoms with E-state index < -0.39 is 35.4 Å². The van der Waals surface area contributed by atoms with Crippen LogP contribution in [0.2, 0.25) is 20.1 Å². The summed E-state index contributed by atoms with van der Waals surface area (Å²) in [5.41, 5.74) is 0.428. The number of carboxylic acids is 1. The number of benzene rings is 4. The molecule has 0 aromatic heterocycles. The van der Waals surface area contributed by atoms with Gasteiger partial charge in [-0.2, -0.15) is 0 Å². The third-order valence-corrected chi connectivity index (χ3v) is 8.73. The van der Waals surface area contributed by atoms with Crippen molar-refractivity contribution in [2.45, 2.75) is 23.2 Å². The average molecular weight is 722 g/mol. The van der Waals surface area contributed by atoms with Crippen molar-refractivity contribution in [3.63, 3.8) is 0 Å². The number of hydrogen-bond donors (Lipinski definition) is 1. The van der Waals surface area contributed by atoms with Crippen LogP contribution >= 0.6 is 58.2 Å².